The van der Waals surface area contributed by atoms with Crippen LogP contribution in [-0.4, -0.2) is 0 Å². The van der Waals surface area contributed by atoms with Crippen LogP contribution < -0.4 is 0 Å². The van der Waals surface area contributed by atoms with Gasteiger partial charge in [-0.2, -0.15) is 0 Å². The first-order valence-electron chi connectivity index (χ1n) is 7.66. The highest BCUT2D eigenvalue weighted by molar-refractivity contribution is 5.24. The molecule has 0 heterocycles. The maximum Gasteiger partial charge on any atom is -0.0146 e. The zero-order chi connectivity index (χ0) is 11.7. The standard InChI is InChI=1S/C17H26/c1-17-12-4-8-15(16(17)9-5-13-17)11-10-14-6-2-3-7-14/h10-11,16H,2-9,12-13H2,1H3/b15-11+. The molecular formula is C17H26. The quantitative estimate of drug-likeness (QED) is 0.565. The van der Waals surface area contributed by atoms with Gasteiger partial charge in [-0.1, -0.05) is 36.6 Å². The second-order valence-electron chi connectivity index (χ2n) is 6.73. The van der Waals surface area contributed by atoms with Crippen molar-refractivity contribution in [1.29, 1.82) is 0 Å². The number of hydrogen-bond donors (Lipinski definition) is 0. The van der Waals surface area contributed by atoms with Gasteiger partial charge in [0.05, 0.1) is 0 Å². The molecule has 0 amide bonds. The minimum Gasteiger partial charge on any atom is -0.0702 e. The summed E-state index contributed by atoms with van der Waals surface area (Å²) in [5.74, 6) is 0.925. The number of rotatable bonds is 1. The molecule has 0 aliphatic heterocycles. The highest BCUT2D eigenvalue weighted by atomic mass is 14.5. The molecule has 3 aliphatic carbocycles. The Hall–Kier alpha value is -0.520. The molecule has 0 radical (unpaired) electrons. The molecule has 0 aromatic rings. The minimum atomic E-state index is 0.665. The Kier molecular flexibility index (Phi) is 3.15. The summed E-state index contributed by atoms with van der Waals surface area (Å²) in [6, 6.07) is 0. The van der Waals surface area contributed by atoms with E-state index in [-0.39, 0.29) is 0 Å². The first kappa shape index (κ1) is 11.6. The van der Waals surface area contributed by atoms with Crippen molar-refractivity contribution >= 4 is 0 Å². The summed E-state index contributed by atoms with van der Waals surface area (Å²) >= 11 is 0. The van der Waals surface area contributed by atoms with Gasteiger partial charge in [0, 0.05) is 0 Å². The Labute approximate surface area is 106 Å². The summed E-state index contributed by atoms with van der Waals surface area (Å²) in [7, 11) is 0. The Balaban J connectivity index is 1.77. The Morgan fingerprint density at radius 1 is 0.941 bits per heavy atom. The summed E-state index contributed by atoms with van der Waals surface area (Å²) < 4.78 is 0. The lowest BCUT2D eigenvalue weighted by Crippen LogP contribution is -2.27. The van der Waals surface area contributed by atoms with Crippen molar-refractivity contribution in [2.24, 2.45) is 11.3 Å². The van der Waals surface area contributed by atoms with Gasteiger partial charge in [0.1, 0.15) is 0 Å². The fourth-order valence-corrected chi connectivity index (χ4v) is 4.46. The van der Waals surface area contributed by atoms with Crippen LogP contribution in [0.1, 0.15) is 71.1 Å². The third-order valence-corrected chi connectivity index (χ3v) is 5.52. The monoisotopic (exact) mass is 230 g/mol. The molecule has 17 heavy (non-hydrogen) atoms. The fourth-order valence-electron chi connectivity index (χ4n) is 4.46. The van der Waals surface area contributed by atoms with Gasteiger partial charge < -0.3 is 0 Å². The van der Waals surface area contributed by atoms with Gasteiger partial charge in [-0.15, -0.1) is 0 Å². The topological polar surface area (TPSA) is 0 Å². The molecular weight excluding hydrogens is 204 g/mol. The summed E-state index contributed by atoms with van der Waals surface area (Å²) in [5.41, 5.74) is 4.16. The third-order valence-electron chi connectivity index (χ3n) is 5.52. The van der Waals surface area contributed by atoms with Crippen molar-refractivity contribution in [3.05, 3.63) is 23.3 Å². The third kappa shape index (κ3) is 2.23. The summed E-state index contributed by atoms with van der Waals surface area (Å²) in [4.78, 5) is 0. The lowest BCUT2D eigenvalue weighted by atomic mass is 9.67. The number of hydrogen-bond acceptors (Lipinski definition) is 0. The van der Waals surface area contributed by atoms with E-state index >= 15 is 0 Å². The number of allylic oxidation sites excluding steroid dienone is 4. The van der Waals surface area contributed by atoms with Gasteiger partial charge in [-0.3, -0.25) is 0 Å². The van der Waals surface area contributed by atoms with E-state index in [1.165, 1.54) is 64.2 Å². The van der Waals surface area contributed by atoms with Crippen LogP contribution >= 0.6 is 0 Å². The van der Waals surface area contributed by atoms with Gasteiger partial charge in [0.25, 0.3) is 0 Å². The molecule has 0 saturated heterocycles. The van der Waals surface area contributed by atoms with Gasteiger partial charge in [0.2, 0.25) is 0 Å². The van der Waals surface area contributed by atoms with Crippen LogP contribution in [0.25, 0.3) is 0 Å². The van der Waals surface area contributed by atoms with Crippen LogP contribution in [0.2, 0.25) is 0 Å². The zero-order valence-corrected chi connectivity index (χ0v) is 11.3. The van der Waals surface area contributed by atoms with E-state index in [1.807, 2.05) is 0 Å². The molecule has 0 spiro atoms. The van der Waals surface area contributed by atoms with Crippen LogP contribution in [0.5, 0.6) is 0 Å². The molecule has 3 aliphatic rings. The molecule has 94 valence electrons. The Morgan fingerprint density at radius 3 is 2.53 bits per heavy atom. The fraction of sp³-hybridized carbons (Fsp3) is 0.765. The summed E-state index contributed by atoms with van der Waals surface area (Å²) in [5, 5.41) is 0. The molecule has 0 aromatic carbocycles. The largest absolute Gasteiger partial charge is 0.0702 e. The van der Waals surface area contributed by atoms with Crippen molar-refractivity contribution in [2.75, 3.05) is 0 Å². The van der Waals surface area contributed by atoms with E-state index in [1.54, 1.807) is 11.1 Å². The average molecular weight is 230 g/mol. The predicted octanol–water partition coefficient (Wildman–Crippen LogP) is 5.40. The van der Waals surface area contributed by atoms with Crippen LogP contribution in [0.3, 0.4) is 0 Å². The molecule has 3 fully saturated rings. The maximum atomic E-state index is 2.54. The van der Waals surface area contributed by atoms with Crippen molar-refractivity contribution in [1.82, 2.24) is 0 Å². The predicted molar refractivity (Wildman–Crippen MR) is 73.9 cm³/mol. The highest BCUT2D eigenvalue weighted by Gasteiger charge is 2.42. The van der Waals surface area contributed by atoms with Gasteiger partial charge in [-0.05, 0) is 69.1 Å². The maximum absolute atomic E-state index is 2.54. The van der Waals surface area contributed by atoms with Crippen molar-refractivity contribution in [3.8, 4) is 0 Å². The van der Waals surface area contributed by atoms with Gasteiger partial charge in [0.15, 0.2) is 0 Å². The van der Waals surface area contributed by atoms with Gasteiger partial charge >= 0.3 is 0 Å². The highest BCUT2D eigenvalue weighted by Crippen LogP contribution is 2.54. The van der Waals surface area contributed by atoms with Gasteiger partial charge in [-0.25, -0.2) is 0 Å². The summed E-state index contributed by atoms with van der Waals surface area (Å²) in [6.07, 6.45) is 19.3. The molecule has 0 N–H and O–H groups in total. The first-order chi connectivity index (χ1) is 8.28. The average Bonchev–Trinajstić information content (AvgIpc) is 2.93. The van der Waals surface area contributed by atoms with Crippen LogP contribution in [0.4, 0.5) is 0 Å². The van der Waals surface area contributed by atoms with Crippen LogP contribution in [0, 0.1) is 11.3 Å². The Morgan fingerprint density at radius 2 is 1.71 bits per heavy atom. The lowest BCUT2D eigenvalue weighted by molar-refractivity contribution is 0.201. The first-order valence-corrected chi connectivity index (χ1v) is 7.66. The minimum absolute atomic E-state index is 0.665. The van der Waals surface area contributed by atoms with E-state index < -0.39 is 0 Å². The zero-order valence-electron chi connectivity index (χ0n) is 11.3. The van der Waals surface area contributed by atoms with Crippen molar-refractivity contribution in [3.63, 3.8) is 0 Å². The smallest absolute Gasteiger partial charge is 0.0146 e. The second-order valence-corrected chi connectivity index (χ2v) is 6.73. The molecule has 0 aromatic heterocycles. The lowest BCUT2D eigenvalue weighted by Gasteiger charge is -2.38. The van der Waals surface area contributed by atoms with Crippen LogP contribution in [0.15, 0.2) is 23.3 Å². The molecule has 2 atom stereocenters. The molecule has 3 saturated carbocycles. The summed E-state index contributed by atoms with van der Waals surface area (Å²) in [6.45, 7) is 2.54. The molecule has 0 bridgehead atoms. The molecule has 0 nitrogen and oxygen atoms in total. The van der Waals surface area contributed by atoms with Crippen molar-refractivity contribution < 1.29 is 0 Å². The molecule has 3 rings (SSSR count). The van der Waals surface area contributed by atoms with E-state index in [0.717, 1.165) is 5.92 Å². The van der Waals surface area contributed by atoms with E-state index in [9.17, 15) is 0 Å². The van der Waals surface area contributed by atoms with E-state index in [2.05, 4.69) is 19.1 Å². The second kappa shape index (κ2) is 4.63. The van der Waals surface area contributed by atoms with Crippen LogP contribution in [-0.2, 0) is 0 Å². The van der Waals surface area contributed by atoms with E-state index in [4.69, 9.17) is 0 Å². The Bertz CT molecular complexity index is 339. The molecule has 0 heteroatoms. The SMILES string of the molecule is CC12CCC/C(=C\C=C3CCCC3)C1CCC2. The van der Waals surface area contributed by atoms with Crippen molar-refractivity contribution in [2.45, 2.75) is 71.1 Å². The molecule has 2 unspecified atom stereocenters. The normalized spacial score (nSPS) is 39.7. The van der Waals surface area contributed by atoms with E-state index in [0.29, 0.717) is 5.41 Å². The number of fused-ring (bicyclic) bond motifs is 1.